The molecule has 158 valence electrons. The summed E-state index contributed by atoms with van der Waals surface area (Å²) in [4.78, 5) is 29.3. The van der Waals surface area contributed by atoms with E-state index in [0.717, 1.165) is 12.0 Å². The first kappa shape index (κ1) is 20.6. The van der Waals surface area contributed by atoms with Crippen LogP contribution in [-0.2, 0) is 6.54 Å². The predicted octanol–water partition coefficient (Wildman–Crippen LogP) is 5.22. The molecular formula is C25H24FN3O2. The van der Waals surface area contributed by atoms with Gasteiger partial charge in [0, 0.05) is 36.6 Å². The number of anilines is 2. The van der Waals surface area contributed by atoms with Gasteiger partial charge in [0.1, 0.15) is 5.82 Å². The lowest BCUT2D eigenvalue weighted by Gasteiger charge is -2.36. The third-order valence-corrected chi connectivity index (χ3v) is 5.31. The quantitative estimate of drug-likeness (QED) is 0.619. The van der Waals surface area contributed by atoms with Gasteiger partial charge in [-0.1, -0.05) is 42.0 Å². The molecule has 4 rings (SSSR count). The van der Waals surface area contributed by atoms with E-state index in [2.05, 4.69) is 5.32 Å². The Kier molecular flexibility index (Phi) is 5.98. The number of nitrogens with one attached hydrogen (secondary N) is 1. The van der Waals surface area contributed by atoms with Gasteiger partial charge in [-0.3, -0.25) is 9.69 Å². The van der Waals surface area contributed by atoms with Crippen molar-refractivity contribution in [1.29, 1.82) is 0 Å². The van der Waals surface area contributed by atoms with E-state index in [1.165, 1.54) is 23.8 Å². The molecule has 0 bridgehead atoms. The van der Waals surface area contributed by atoms with E-state index in [1.807, 2.05) is 42.2 Å². The number of amides is 3. The molecule has 3 aromatic carbocycles. The molecule has 0 radical (unpaired) electrons. The Balaban J connectivity index is 1.49. The summed E-state index contributed by atoms with van der Waals surface area (Å²) in [6.45, 7) is 3.88. The summed E-state index contributed by atoms with van der Waals surface area (Å²) >= 11 is 0. The van der Waals surface area contributed by atoms with Crippen molar-refractivity contribution in [1.82, 2.24) is 4.90 Å². The summed E-state index contributed by atoms with van der Waals surface area (Å²) < 4.78 is 13.4. The van der Waals surface area contributed by atoms with Crippen LogP contribution in [0.15, 0.2) is 72.8 Å². The molecule has 3 amide bonds. The van der Waals surface area contributed by atoms with Crippen molar-refractivity contribution in [3.05, 3.63) is 95.3 Å². The Morgan fingerprint density at radius 3 is 2.55 bits per heavy atom. The highest BCUT2D eigenvalue weighted by Crippen LogP contribution is 2.23. The van der Waals surface area contributed by atoms with Crippen LogP contribution in [0.5, 0.6) is 0 Å². The number of aryl methyl sites for hydroxylation is 1. The zero-order valence-corrected chi connectivity index (χ0v) is 17.3. The van der Waals surface area contributed by atoms with Crippen LogP contribution >= 0.6 is 0 Å². The van der Waals surface area contributed by atoms with Crippen LogP contribution in [0.4, 0.5) is 20.6 Å². The maximum atomic E-state index is 13.4. The number of halogens is 1. The monoisotopic (exact) mass is 417 g/mol. The largest absolute Gasteiger partial charge is 0.324 e. The minimum atomic E-state index is -0.417. The number of urea groups is 1. The van der Waals surface area contributed by atoms with Crippen molar-refractivity contribution in [2.45, 2.75) is 19.9 Å². The summed E-state index contributed by atoms with van der Waals surface area (Å²) in [5, 5.41) is 2.69. The highest BCUT2D eigenvalue weighted by molar-refractivity contribution is 6.05. The Morgan fingerprint density at radius 1 is 1.00 bits per heavy atom. The fraction of sp³-hybridized carbons (Fsp3) is 0.200. The molecule has 1 aliphatic rings. The molecule has 1 saturated heterocycles. The standard InChI is InChI=1S/C25H24FN3O2/c1-18-9-11-19(12-10-18)17-28-13-4-14-29(25(28)31)23-8-2-5-20(15-23)24(30)27-22-7-3-6-21(26)16-22/h2-3,5-12,15-16H,4,13-14,17H2,1H3,(H,27,30). The number of carbonyl (C=O) groups is 2. The average Bonchev–Trinajstić information content (AvgIpc) is 2.77. The number of nitrogens with zero attached hydrogens (tertiary/aromatic N) is 2. The van der Waals surface area contributed by atoms with Crippen molar-refractivity contribution in [2.75, 3.05) is 23.3 Å². The zero-order chi connectivity index (χ0) is 21.8. The molecule has 0 atom stereocenters. The Hall–Kier alpha value is -3.67. The second-order valence-electron chi connectivity index (χ2n) is 7.71. The highest BCUT2D eigenvalue weighted by atomic mass is 19.1. The molecule has 1 heterocycles. The molecule has 0 unspecified atom stereocenters. The van der Waals surface area contributed by atoms with Gasteiger partial charge in [0.15, 0.2) is 0 Å². The van der Waals surface area contributed by atoms with Gasteiger partial charge < -0.3 is 10.2 Å². The lowest BCUT2D eigenvalue weighted by atomic mass is 10.1. The third-order valence-electron chi connectivity index (χ3n) is 5.31. The van der Waals surface area contributed by atoms with Crippen LogP contribution in [0.2, 0.25) is 0 Å². The summed E-state index contributed by atoms with van der Waals surface area (Å²) in [6, 6.07) is 20.8. The molecule has 1 fully saturated rings. The van der Waals surface area contributed by atoms with Gasteiger partial charge >= 0.3 is 6.03 Å². The van der Waals surface area contributed by atoms with Crippen molar-refractivity contribution < 1.29 is 14.0 Å². The van der Waals surface area contributed by atoms with Crippen LogP contribution in [0.3, 0.4) is 0 Å². The highest BCUT2D eigenvalue weighted by Gasteiger charge is 2.27. The van der Waals surface area contributed by atoms with Crippen LogP contribution in [0.25, 0.3) is 0 Å². The summed E-state index contributed by atoms with van der Waals surface area (Å²) in [5.74, 6) is -0.771. The lowest BCUT2D eigenvalue weighted by Crippen LogP contribution is -2.49. The number of carbonyl (C=O) groups excluding carboxylic acids is 2. The van der Waals surface area contributed by atoms with Gasteiger partial charge in [-0.2, -0.15) is 0 Å². The Labute approximate surface area is 181 Å². The summed E-state index contributed by atoms with van der Waals surface area (Å²) in [5.41, 5.74) is 3.73. The van der Waals surface area contributed by atoms with Crippen molar-refractivity contribution in [2.24, 2.45) is 0 Å². The van der Waals surface area contributed by atoms with E-state index >= 15 is 0 Å². The topological polar surface area (TPSA) is 52.6 Å². The molecule has 5 nitrogen and oxygen atoms in total. The maximum absolute atomic E-state index is 13.4. The number of hydrogen-bond donors (Lipinski definition) is 1. The van der Waals surface area contributed by atoms with Gasteiger partial charge in [0.05, 0.1) is 0 Å². The smallest absolute Gasteiger partial charge is 0.322 e. The Morgan fingerprint density at radius 2 is 1.77 bits per heavy atom. The summed E-state index contributed by atoms with van der Waals surface area (Å²) in [6.07, 6.45) is 0.845. The minimum Gasteiger partial charge on any atom is -0.322 e. The number of hydrogen-bond acceptors (Lipinski definition) is 2. The van der Waals surface area contributed by atoms with E-state index in [1.54, 1.807) is 29.2 Å². The van der Waals surface area contributed by atoms with E-state index < -0.39 is 5.82 Å². The van der Waals surface area contributed by atoms with Crippen molar-refractivity contribution in [3.63, 3.8) is 0 Å². The second-order valence-corrected chi connectivity index (χ2v) is 7.71. The maximum Gasteiger partial charge on any atom is 0.324 e. The first-order chi connectivity index (χ1) is 15.0. The Bertz CT molecular complexity index is 1100. The summed E-state index contributed by atoms with van der Waals surface area (Å²) in [7, 11) is 0. The fourth-order valence-electron chi connectivity index (χ4n) is 3.67. The van der Waals surface area contributed by atoms with Crippen LogP contribution < -0.4 is 10.2 Å². The minimum absolute atomic E-state index is 0.0745. The molecule has 6 heteroatoms. The van der Waals surface area contributed by atoms with E-state index in [9.17, 15) is 14.0 Å². The van der Waals surface area contributed by atoms with Crippen LogP contribution in [0.1, 0.15) is 27.9 Å². The zero-order valence-electron chi connectivity index (χ0n) is 17.3. The average molecular weight is 417 g/mol. The van der Waals surface area contributed by atoms with Crippen molar-refractivity contribution in [3.8, 4) is 0 Å². The molecule has 0 aliphatic carbocycles. The molecular weight excluding hydrogens is 393 g/mol. The first-order valence-corrected chi connectivity index (χ1v) is 10.3. The lowest BCUT2D eigenvalue weighted by molar-refractivity contribution is 0.102. The normalized spacial score (nSPS) is 13.9. The molecule has 3 aromatic rings. The molecule has 1 N–H and O–H groups in total. The predicted molar refractivity (Wildman–Crippen MR) is 120 cm³/mol. The molecule has 1 aliphatic heterocycles. The number of benzene rings is 3. The van der Waals surface area contributed by atoms with Gasteiger partial charge in [-0.05, 0) is 55.3 Å². The van der Waals surface area contributed by atoms with Gasteiger partial charge in [-0.25, -0.2) is 9.18 Å². The first-order valence-electron chi connectivity index (χ1n) is 10.3. The van der Waals surface area contributed by atoms with E-state index in [-0.39, 0.29) is 11.9 Å². The molecule has 31 heavy (non-hydrogen) atoms. The van der Waals surface area contributed by atoms with Gasteiger partial charge in [0.2, 0.25) is 0 Å². The van der Waals surface area contributed by atoms with Crippen LogP contribution in [-0.4, -0.2) is 29.9 Å². The van der Waals surface area contributed by atoms with Crippen LogP contribution in [0, 0.1) is 12.7 Å². The molecule has 0 saturated carbocycles. The third kappa shape index (κ3) is 4.91. The number of rotatable bonds is 5. The van der Waals surface area contributed by atoms with Crippen molar-refractivity contribution >= 4 is 23.3 Å². The van der Waals surface area contributed by atoms with Gasteiger partial charge in [0.25, 0.3) is 5.91 Å². The molecule has 0 aromatic heterocycles. The second kappa shape index (κ2) is 9.00. The van der Waals surface area contributed by atoms with Gasteiger partial charge in [-0.15, -0.1) is 0 Å². The SMILES string of the molecule is Cc1ccc(CN2CCCN(c3cccc(C(=O)Nc4cccc(F)c4)c3)C2=O)cc1. The fourth-order valence-corrected chi connectivity index (χ4v) is 3.67. The van der Waals surface area contributed by atoms with E-state index in [0.29, 0.717) is 36.6 Å². The van der Waals surface area contributed by atoms with E-state index in [4.69, 9.17) is 0 Å². The molecule has 0 spiro atoms.